The number of piperidine rings is 3. The standard InChI is InChI=1S/C27H33FN2O3/c1-16-11-22-18(12-21(16)20-6-5-19(33-4)13-23(20)28)14-27(2,3)25(22)30(26(31)32)24-15-29-9-7-17(24)8-10-29/h5-6,11-13,17,24-25H,7-10,14-15H2,1-4H3,(H,31,32)/p-1/t24-,25+/m1/s1. The van der Waals surface area contributed by atoms with Crippen molar-refractivity contribution in [2.24, 2.45) is 11.3 Å². The van der Waals surface area contributed by atoms with Gasteiger partial charge in [-0.3, -0.25) is 0 Å². The van der Waals surface area contributed by atoms with E-state index in [0.717, 1.165) is 61.2 Å². The van der Waals surface area contributed by atoms with E-state index in [0.29, 0.717) is 17.2 Å². The van der Waals surface area contributed by atoms with Crippen molar-refractivity contribution in [2.45, 2.75) is 52.1 Å². The fraction of sp³-hybridized carbons (Fsp3) is 0.519. The number of benzene rings is 2. The van der Waals surface area contributed by atoms with Gasteiger partial charge in [0.2, 0.25) is 0 Å². The lowest BCUT2D eigenvalue weighted by atomic mass is 9.79. The molecule has 2 aromatic carbocycles. The van der Waals surface area contributed by atoms with Gasteiger partial charge in [-0.05, 0) is 85.0 Å². The summed E-state index contributed by atoms with van der Waals surface area (Å²) in [5, 5.41) is 12.6. The number of fused-ring (bicyclic) bond motifs is 4. The third kappa shape index (κ3) is 3.68. The summed E-state index contributed by atoms with van der Waals surface area (Å²) in [6, 6.07) is 8.75. The van der Waals surface area contributed by atoms with E-state index in [2.05, 4.69) is 30.9 Å². The Labute approximate surface area is 195 Å². The molecule has 2 atom stereocenters. The topological polar surface area (TPSA) is 55.8 Å². The number of rotatable bonds is 4. The highest BCUT2D eigenvalue weighted by molar-refractivity contribution is 5.72. The number of aryl methyl sites for hydroxylation is 1. The van der Waals surface area contributed by atoms with Crippen LogP contribution in [0.5, 0.6) is 5.75 Å². The van der Waals surface area contributed by atoms with Crippen LogP contribution < -0.4 is 9.84 Å². The van der Waals surface area contributed by atoms with Gasteiger partial charge in [0.05, 0.1) is 13.2 Å². The summed E-state index contributed by atoms with van der Waals surface area (Å²) in [4.78, 5) is 16.6. The van der Waals surface area contributed by atoms with E-state index >= 15 is 0 Å². The van der Waals surface area contributed by atoms with Crippen molar-refractivity contribution in [1.82, 2.24) is 9.80 Å². The first kappa shape index (κ1) is 22.2. The van der Waals surface area contributed by atoms with Gasteiger partial charge in [-0.25, -0.2) is 4.39 Å². The van der Waals surface area contributed by atoms with Crippen LogP contribution in [0.2, 0.25) is 0 Å². The molecule has 2 bridgehead atoms. The predicted molar refractivity (Wildman–Crippen MR) is 124 cm³/mol. The first-order valence-electron chi connectivity index (χ1n) is 11.9. The van der Waals surface area contributed by atoms with Crippen molar-refractivity contribution in [2.75, 3.05) is 26.7 Å². The van der Waals surface area contributed by atoms with E-state index in [1.165, 1.54) is 13.2 Å². The van der Waals surface area contributed by atoms with Crippen LogP contribution in [0.3, 0.4) is 0 Å². The maximum atomic E-state index is 14.9. The van der Waals surface area contributed by atoms with Crippen molar-refractivity contribution >= 4 is 6.09 Å². The van der Waals surface area contributed by atoms with E-state index < -0.39 is 6.09 Å². The molecular weight excluding hydrogens is 419 g/mol. The fourth-order valence-electron chi connectivity index (χ4n) is 6.53. The SMILES string of the molecule is COc1ccc(-c2cc3c(cc2C)[C@H](N(C(=O)[O-])[C@@H]2CN4CCC2CC4)C(C)(C)C3)c(F)c1. The number of carboxylic acid groups (broad SMARTS) is 1. The third-order valence-electron chi connectivity index (χ3n) is 8.10. The lowest BCUT2D eigenvalue weighted by Crippen LogP contribution is -2.62. The van der Waals surface area contributed by atoms with E-state index in [4.69, 9.17) is 4.74 Å². The number of hydrogen-bond donors (Lipinski definition) is 0. The Hall–Kier alpha value is -2.60. The second-order valence-corrected chi connectivity index (χ2v) is 10.7. The summed E-state index contributed by atoms with van der Waals surface area (Å²) < 4.78 is 20.0. The van der Waals surface area contributed by atoms with Crippen molar-refractivity contribution < 1.29 is 19.0 Å². The third-order valence-corrected chi connectivity index (χ3v) is 8.10. The maximum absolute atomic E-state index is 14.9. The van der Waals surface area contributed by atoms with Crippen LogP contribution in [-0.2, 0) is 6.42 Å². The second-order valence-electron chi connectivity index (χ2n) is 10.7. The first-order valence-corrected chi connectivity index (χ1v) is 11.9. The van der Waals surface area contributed by atoms with Gasteiger partial charge in [0.25, 0.3) is 0 Å². The molecule has 0 radical (unpaired) electrons. The molecule has 33 heavy (non-hydrogen) atoms. The van der Waals surface area contributed by atoms with E-state index in [1.54, 1.807) is 17.0 Å². The molecule has 0 N–H and O–H groups in total. The molecule has 0 spiro atoms. The lowest BCUT2D eigenvalue weighted by molar-refractivity contribution is -0.276. The molecule has 1 amide bonds. The van der Waals surface area contributed by atoms with Crippen molar-refractivity contribution in [3.63, 3.8) is 0 Å². The van der Waals surface area contributed by atoms with Crippen molar-refractivity contribution in [3.8, 4) is 16.9 Å². The first-order chi connectivity index (χ1) is 15.7. The van der Waals surface area contributed by atoms with Gasteiger partial charge in [0, 0.05) is 24.2 Å². The molecule has 0 aromatic heterocycles. The zero-order valence-corrected chi connectivity index (χ0v) is 19.9. The highest BCUT2D eigenvalue weighted by atomic mass is 19.1. The molecule has 3 saturated heterocycles. The Morgan fingerprint density at radius 3 is 2.48 bits per heavy atom. The quantitative estimate of drug-likeness (QED) is 0.700. The Bertz CT molecular complexity index is 1090. The normalized spacial score (nSPS) is 27.3. The molecule has 3 fully saturated rings. The smallest absolute Gasteiger partial charge is 0.137 e. The molecule has 0 saturated carbocycles. The number of carbonyl (C=O) groups excluding carboxylic acids is 1. The zero-order valence-electron chi connectivity index (χ0n) is 19.9. The number of hydrogen-bond acceptors (Lipinski definition) is 4. The van der Waals surface area contributed by atoms with Gasteiger partial charge in [0.1, 0.15) is 17.7 Å². The molecule has 3 aliphatic heterocycles. The van der Waals surface area contributed by atoms with Crippen LogP contribution in [0.1, 0.15) is 49.4 Å². The molecule has 0 unspecified atom stereocenters. The minimum atomic E-state index is -1.08. The maximum Gasteiger partial charge on any atom is 0.137 e. The average molecular weight is 452 g/mol. The molecular formula is C27H32FN2O3-. The van der Waals surface area contributed by atoms with Gasteiger partial charge >= 0.3 is 0 Å². The molecule has 4 aliphatic rings. The summed E-state index contributed by atoms with van der Waals surface area (Å²) in [5.41, 5.74) is 4.16. The number of amides is 1. The van der Waals surface area contributed by atoms with Gasteiger partial charge in [-0.1, -0.05) is 26.0 Å². The molecule has 2 aromatic rings. The highest BCUT2D eigenvalue weighted by Gasteiger charge is 2.48. The van der Waals surface area contributed by atoms with Crippen LogP contribution in [0, 0.1) is 24.1 Å². The van der Waals surface area contributed by atoms with Crippen molar-refractivity contribution in [3.05, 3.63) is 52.8 Å². The van der Waals surface area contributed by atoms with Crippen LogP contribution in [-0.4, -0.2) is 48.7 Å². The summed E-state index contributed by atoms with van der Waals surface area (Å²) in [7, 11) is 1.52. The summed E-state index contributed by atoms with van der Waals surface area (Å²) in [6.07, 6.45) is 1.75. The lowest BCUT2D eigenvalue weighted by Gasteiger charge is -2.53. The predicted octanol–water partition coefficient (Wildman–Crippen LogP) is 4.17. The number of methoxy groups -OCH3 is 1. The van der Waals surface area contributed by atoms with Gasteiger partial charge in [-0.2, -0.15) is 0 Å². The number of ether oxygens (including phenoxy) is 1. The fourth-order valence-corrected chi connectivity index (χ4v) is 6.53. The van der Waals surface area contributed by atoms with E-state index in [9.17, 15) is 14.3 Å². The van der Waals surface area contributed by atoms with Gasteiger partial charge in [-0.15, -0.1) is 0 Å². The summed E-state index contributed by atoms with van der Waals surface area (Å²) in [5.74, 6) is 0.551. The van der Waals surface area contributed by atoms with E-state index in [1.807, 2.05) is 6.92 Å². The molecule has 5 nitrogen and oxygen atoms in total. The molecule has 6 rings (SSSR count). The minimum Gasteiger partial charge on any atom is -0.530 e. The number of carbonyl (C=O) groups is 1. The monoisotopic (exact) mass is 451 g/mol. The molecule has 176 valence electrons. The zero-order chi connectivity index (χ0) is 23.5. The van der Waals surface area contributed by atoms with Crippen LogP contribution >= 0.6 is 0 Å². The Morgan fingerprint density at radius 1 is 1.18 bits per heavy atom. The van der Waals surface area contributed by atoms with Crippen LogP contribution in [0.15, 0.2) is 30.3 Å². The van der Waals surface area contributed by atoms with Crippen LogP contribution in [0.25, 0.3) is 11.1 Å². The molecule has 1 aliphatic carbocycles. The highest BCUT2D eigenvalue weighted by Crippen LogP contribution is 2.52. The van der Waals surface area contributed by atoms with Gasteiger partial charge in [0.15, 0.2) is 0 Å². The Morgan fingerprint density at radius 2 is 1.91 bits per heavy atom. The second kappa shape index (κ2) is 8.01. The Balaban J connectivity index is 1.57. The number of nitrogens with zero attached hydrogens (tertiary/aromatic N) is 2. The van der Waals surface area contributed by atoms with Crippen LogP contribution in [0.4, 0.5) is 9.18 Å². The average Bonchev–Trinajstić information content (AvgIpc) is 3.03. The van der Waals surface area contributed by atoms with Gasteiger partial charge < -0.3 is 24.4 Å². The van der Waals surface area contributed by atoms with Crippen molar-refractivity contribution in [1.29, 1.82) is 0 Å². The molecule has 3 heterocycles. The summed E-state index contributed by atoms with van der Waals surface area (Å²) in [6.45, 7) is 9.15. The number of halogens is 1. The minimum absolute atomic E-state index is 0.0354. The Kier molecular flexibility index (Phi) is 5.39. The van der Waals surface area contributed by atoms with E-state index in [-0.39, 0.29) is 23.3 Å². The largest absolute Gasteiger partial charge is 0.530 e. The molecule has 6 heteroatoms. The summed E-state index contributed by atoms with van der Waals surface area (Å²) >= 11 is 0.